The van der Waals surface area contributed by atoms with E-state index in [2.05, 4.69) is 20.4 Å². The fourth-order valence-electron chi connectivity index (χ4n) is 4.95. The maximum absolute atomic E-state index is 14.3. The van der Waals surface area contributed by atoms with E-state index in [0.29, 0.717) is 36.2 Å². The second-order valence-corrected chi connectivity index (χ2v) is 9.26. The minimum Gasteiger partial charge on any atom is -0.383 e. The molecule has 3 aromatic heterocycles. The molecule has 34 heavy (non-hydrogen) atoms. The van der Waals surface area contributed by atoms with Crippen molar-refractivity contribution in [3.63, 3.8) is 0 Å². The smallest absolute Gasteiger partial charge is 0.383 e. The minimum atomic E-state index is -4.70. The number of nitrogens with one attached hydrogen (secondary N) is 1. The van der Waals surface area contributed by atoms with Crippen molar-refractivity contribution in [3.8, 4) is 5.69 Å². The monoisotopic (exact) mass is 470 g/mol. The van der Waals surface area contributed by atoms with Crippen molar-refractivity contribution in [1.82, 2.24) is 25.1 Å². The van der Waals surface area contributed by atoms with Gasteiger partial charge in [0.2, 0.25) is 5.78 Å². The molecule has 5 rings (SSSR count). The third-order valence-corrected chi connectivity index (χ3v) is 6.78. The number of piperidine rings is 1. The van der Waals surface area contributed by atoms with E-state index in [1.807, 2.05) is 0 Å². The van der Waals surface area contributed by atoms with Gasteiger partial charge in [0.15, 0.2) is 0 Å². The first kappa shape index (κ1) is 22.5. The van der Waals surface area contributed by atoms with Crippen molar-refractivity contribution < 1.29 is 18.0 Å². The summed E-state index contributed by atoms with van der Waals surface area (Å²) in [5.41, 5.74) is 6.22. The van der Waals surface area contributed by atoms with Crippen LogP contribution in [0.25, 0.3) is 5.69 Å². The molecule has 0 aromatic carbocycles. The van der Waals surface area contributed by atoms with Crippen LogP contribution in [0.4, 0.5) is 19.0 Å². The molecule has 2 aliphatic rings. The van der Waals surface area contributed by atoms with E-state index in [4.69, 9.17) is 5.73 Å². The molecular weight excluding hydrogens is 445 g/mol. The molecule has 1 aliphatic heterocycles. The summed E-state index contributed by atoms with van der Waals surface area (Å²) in [5, 5.41) is 7.51. The van der Waals surface area contributed by atoms with Crippen LogP contribution in [0.3, 0.4) is 0 Å². The number of carbonyl (C=O) groups is 1. The van der Waals surface area contributed by atoms with Gasteiger partial charge in [0.25, 0.3) is 0 Å². The zero-order chi connectivity index (χ0) is 24.4. The molecular formula is C24H25F3N6O. The molecule has 1 aliphatic carbocycles. The Morgan fingerprint density at radius 1 is 1.09 bits per heavy atom. The summed E-state index contributed by atoms with van der Waals surface area (Å²) in [6.07, 6.45) is -1.43. The lowest BCUT2D eigenvalue weighted by molar-refractivity contribution is -0.139. The number of alkyl halides is 3. The number of pyridine rings is 2. The molecule has 3 atom stereocenters. The van der Waals surface area contributed by atoms with E-state index in [1.165, 1.54) is 11.6 Å². The Hall–Kier alpha value is -3.27. The molecule has 7 nitrogen and oxygen atoms in total. The number of nitrogen functional groups attached to an aromatic ring is 1. The summed E-state index contributed by atoms with van der Waals surface area (Å²) in [7, 11) is 0. The quantitative estimate of drug-likeness (QED) is 0.558. The molecule has 4 heterocycles. The van der Waals surface area contributed by atoms with Crippen LogP contribution >= 0.6 is 0 Å². The van der Waals surface area contributed by atoms with E-state index in [-0.39, 0.29) is 28.3 Å². The maximum atomic E-state index is 14.3. The third kappa shape index (κ3) is 3.85. The molecule has 0 radical (unpaired) electrons. The molecule has 10 heteroatoms. The van der Waals surface area contributed by atoms with Crippen LogP contribution in [0.5, 0.6) is 0 Å². The van der Waals surface area contributed by atoms with Gasteiger partial charge in [-0.25, -0.2) is 14.6 Å². The molecule has 3 aromatic rings. The highest BCUT2D eigenvalue weighted by molar-refractivity contribution is 6.13. The largest absolute Gasteiger partial charge is 0.418 e. The molecule has 1 saturated heterocycles. The number of hydrogen-bond donors (Lipinski definition) is 2. The summed E-state index contributed by atoms with van der Waals surface area (Å²) in [6, 6.07) is 4.58. The summed E-state index contributed by atoms with van der Waals surface area (Å²) in [6.45, 7) is 5.44. The van der Waals surface area contributed by atoms with E-state index in [0.717, 1.165) is 12.1 Å². The van der Waals surface area contributed by atoms with Crippen molar-refractivity contribution in [1.29, 1.82) is 0 Å². The number of carbonyl (C=O) groups excluding carboxylic acids is 1. The van der Waals surface area contributed by atoms with E-state index in [9.17, 15) is 18.0 Å². The van der Waals surface area contributed by atoms with Gasteiger partial charge >= 0.3 is 6.18 Å². The molecule has 0 amide bonds. The van der Waals surface area contributed by atoms with Crippen molar-refractivity contribution in [2.45, 2.75) is 45.8 Å². The van der Waals surface area contributed by atoms with Crippen LogP contribution in [0.2, 0.25) is 0 Å². The molecule has 178 valence electrons. The normalized spacial score (nSPS) is 21.9. The van der Waals surface area contributed by atoms with Crippen molar-refractivity contribution in [2.75, 3.05) is 12.3 Å². The Morgan fingerprint density at radius 3 is 2.50 bits per heavy atom. The van der Waals surface area contributed by atoms with Gasteiger partial charge in [-0.05, 0) is 75.8 Å². The average Bonchev–Trinajstić information content (AvgIpc) is 3.42. The third-order valence-electron chi connectivity index (χ3n) is 6.78. The first-order chi connectivity index (χ1) is 16.0. The number of rotatable bonds is 4. The lowest BCUT2D eigenvalue weighted by Crippen LogP contribution is -2.32. The first-order valence-electron chi connectivity index (χ1n) is 11.2. The van der Waals surface area contributed by atoms with Gasteiger partial charge in [-0.15, -0.1) is 0 Å². The van der Waals surface area contributed by atoms with Gasteiger partial charge in [0.1, 0.15) is 11.5 Å². The Bertz CT molecular complexity index is 1300. The number of nitrogens with two attached hydrogens (primary N) is 1. The molecule has 3 unspecified atom stereocenters. The molecule has 0 bridgehead atoms. The van der Waals surface area contributed by atoms with Gasteiger partial charge in [-0.2, -0.15) is 18.3 Å². The number of halogens is 3. The fourth-order valence-corrected chi connectivity index (χ4v) is 4.95. The lowest BCUT2D eigenvalue weighted by atomic mass is 9.91. The molecule has 0 spiro atoms. The first-order valence-corrected chi connectivity index (χ1v) is 11.2. The fraction of sp³-hybridized carbons (Fsp3) is 0.417. The van der Waals surface area contributed by atoms with E-state index < -0.39 is 23.6 Å². The predicted molar refractivity (Wildman–Crippen MR) is 120 cm³/mol. The van der Waals surface area contributed by atoms with Crippen LogP contribution in [0.15, 0.2) is 24.4 Å². The topological polar surface area (TPSA) is 98.7 Å². The summed E-state index contributed by atoms with van der Waals surface area (Å²) in [5.74, 6) is -0.00318. The maximum Gasteiger partial charge on any atom is 0.418 e. The summed E-state index contributed by atoms with van der Waals surface area (Å²) in [4.78, 5) is 22.2. The SMILES string of the molecule is Cc1ccc(-n2ccc(C)n2)c(C(=O)c2c(N)nc(C3CC4CC4CN3)c(C(F)(F)F)c2C)n1. The Balaban J connectivity index is 1.65. The number of hydrogen-bond acceptors (Lipinski definition) is 6. The highest BCUT2D eigenvalue weighted by Gasteiger charge is 2.46. The van der Waals surface area contributed by atoms with Crippen molar-refractivity contribution >= 4 is 11.6 Å². The number of ketones is 1. The highest BCUT2D eigenvalue weighted by atomic mass is 19.4. The van der Waals surface area contributed by atoms with Gasteiger partial charge in [-0.1, -0.05) is 0 Å². The molecule has 3 N–H and O–H groups in total. The number of aryl methyl sites for hydroxylation is 2. The molecule has 2 fully saturated rings. The minimum absolute atomic E-state index is 0.0304. The van der Waals surface area contributed by atoms with Gasteiger partial charge in [0.05, 0.1) is 34.2 Å². The van der Waals surface area contributed by atoms with Crippen LogP contribution < -0.4 is 11.1 Å². The Labute approximate surface area is 194 Å². The van der Waals surface area contributed by atoms with Gasteiger partial charge in [0, 0.05) is 11.9 Å². The standard InChI is InChI=1S/C24H25F3N6O/c1-11-4-5-17(33-7-6-12(2)32-33)21(30-11)22(34)18-13(3)19(24(25,26)27)20(31-23(18)28)16-9-14-8-15(14)10-29-16/h4-7,14-16,29H,8-10H2,1-3H3,(H2,28,31). The summed E-state index contributed by atoms with van der Waals surface area (Å²) < 4.78 is 44.4. The number of nitrogens with zero attached hydrogens (tertiary/aromatic N) is 4. The van der Waals surface area contributed by atoms with Gasteiger partial charge < -0.3 is 11.1 Å². The van der Waals surface area contributed by atoms with Gasteiger partial charge in [-0.3, -0.25) is 4.79 Å². The van der Waals surface area contributed by atoms with Crippen LogP contribution in [-0.4, -0.2) is 32.1 Å². The number of fused-ring (bicyclic) bond motifs is 1. The highest BCUT2D eigenvalue weighted by Crippen LogP contribution is 2.49. The van der Waals surface area contributed by atoms with E-state index >= 15 is 0 Å². The van der Waals surface area contributed by atoms with Crippen LogP contribution in [-0.2, 0) is 6.18 Å². The average molecular weight is 470 g/mol. The second kappa shape index (κ2) is 7.90. The zero-order valence-corrected chi connectivity index (χ0v) is 19.1. The van der Waals surface area contributed by atoms with E-state index in [1.54, 1.807) is 38.2 Å². The van der Waals surface area contributed by atoms with Crippen LogP contribution in [0, 0.1) is 32.6 Å². The summed E-state index contributed by atoms with van der Waals surface area (Å²) >= 11 is 0. The number of anilines is 1. The predicted octanol–water partition coefficient (Wildman–Crippen LogP) is 4.09. The Morgan fingerprint density at radius 2 is 1.85 bits per heavy atom. The van der Waals surface area contributed by atoms with Crippen LogP contribution in [0.1, 0.15) is 63.1 Å². The number of aromatic nitrogens is 4. The van der Waals surface area contributed by atoms with Crippen molar-refractivity contribution in [3.05, 3.63) is 63.9 Å². The van der Waals surface area contributed by atoms with Crippen molar-refractivity contribution in [2.24, 2.45) is 11.8 Å². The molecule has 1 saturated carbocycles. The Kier molecular flexibility index (Phi) is 5.23. The second-order valence-electron chi connectivity index (χ2n) is 9.26. The lowest BCUT2D eigenvalue weighted by Gasteiger charge is -2.27. The zero-order valence-electron chi connectivity index (χ0n) is 19.1.